The molecule has 0 radical (unpaired) electrons. The summed E-state index contributed by atoms with van der Waals surface area (Å²) in [5.74, 6) is -1.28. The number of nitrogens with one attached hydrogen (secondary N) is 2. The first-order chi connectivity index (χ1) is 11.6. The number of amides is 1. The molecular formula is C17H13F2N3O2. The van der Waals surface area contributed by atoms with E-state index in [9.17, 15) is 13.6 Å². The monoisotopic (exact) mass is 329 g/mol. The third-order valence-corrected chi connectivity index (χ3v) is 3.23. The molecule has 1 amide bonds. The van der Waals surface area contributed by atoms with Gasteiger partial charge in [0.05, 0.1) is 12.8 Å². The minimum Gasteiger partial charge on any atom is -0.467 e. The summed E-state index contributed by atoms with van der Waals surface area (Å²) in [4.78, 5) is 16.0. The molecule has 0 aliphatic heterocycles. The van der Waals surface area contributed by atoms with E-state index in [-0.39, 0.29) is 17.9 Å². The third-order valence-electron chi connectivity index (χ3n) is 3.23. The number of nitrogens with zero attached hydrogens (tertiary/aromatic N) is 1. The van der Waals surface area contributed by atoms with Gasteiger partial charge in [-0.3, -0.25) is 9.78 Å². The number of hydrogen-bond donors (Lipinski definition) is 2. The highest BCUT2D eigenvalue weighted by atomic mass is 19.1. The van der Waals surface area contributed by atoms with Crippen molar-refractivity contribution in [2.75, 3.05) is 5.32 Å². The van der Waals surface area contributed by atoms with Crippen LogP contribution < -0.4 is 10.6 Å². The standard InChI is InChI=1S/C17H13F2N3O2/c18-13-4-1-5-14(19)16(13)22-11-6-7-20-15(9-11)17(23)21-10-12-3-2-8-24-12/h1-9H,10H2,(H,20,22)(H,21,23). The number of halogens is 2. The van der Waals surface area contributed by atoms with Crippen LogP contribution in [0, 0.1) is 11.6 Å². The van der Waals surface area contributed by atoms with Crippen LogP contribution in [0.4, 0.5) is 20.2 Å². The Morgan fingerprint density at radius 2 is 1.92 bits per heavy atom. The van der Waals surface area contributed by atoms with Crippen LogP contribution in [-0.2, 0) is 6.54 Å². The summed E-state index contributed by atoms with van der Waals surface area (Å²) >= 11 is 0. The molecule has 122 valence electrons. The van der Waals surface area contributed by atoms with Crippen molar-refractivity contribution in [3.63, 3.8) is 0 Å². The fourth-order valence-corrected chi connectivity index (χ4v) is 2.07. The fraction of sp³-hybridized carbons (Fsp3) is 0.0588. The number of anilines is 2. The quantitative estimate of drug-likeness (QED) is 0.750. The number of rotatable bonds is 5. The van der Waals surface area contributed by atoms with Crippen LogP contribution in [0.5, 0.6) is 0 Å². The van der Waals surface area contributed by atoms with E-state index in [0.717, 1.165) is 12.1 Å². The van der Waals surface area contributed by atoms with Gasteiger partial charge in [-0.25, -0.2) is 8.78 Å². The Morgan fingerprint density at radius 3 is 2.62 bits per heavy atom. The van der Waals surface area contributed by atoms with Crippen molar-refractivity contribution in [3.8, 4) is 0 Å². The molecule has 0 atom stereocenters. The number of hydrogen-bond acceptors (Lipinski definition) is 4. The Morgan fingerprint density at radius 1 is 1.12 bits per heavy atom. The van der Waals surface area contributed by atoms with Gasteiger partial charge in [0.2, 0.25) is 0 Å². The molecule has 3 aromatic rings. The van der Waals surface area contributed by atoms with E-state index in [1.807, 2.05) is 0 Å². The van der Waals surface area contributed by atoms with Gasteiger partial charge in [-0.15, -0.1) is 0 Å². The number of pyridine rings is 1. The van der Waals surface area contributed by atoms with Crippen molar-refractivity contribution in [2.24, 2.45) is 0 Å². The summed E-state index contributed by atoms with van der Waals surface area (Å²) in [7, 11) is 0. The summed E-state index contributed by atoms with van der Waals surface area (Å²) in [6, 6.07) is 9.92. The van der Waals surface area contributed by atoms with Crippen LogP contribution in [0.3, 0.4) is 0 Å². The van der Waals surface area contributed by atoms with E-state index in [4.69, 9.17) is 4.42 Å². The Kier molecular flexibility index (Phi) is 4.51. The van der Waals surface area contributed by atoms with Gasteiger partial charge in [0.25, 0.3) is 5.91 Å². The number of aromatic nitrogens is 1. The Hall–Kier alpha value is -3.22. The molecule has 7 heteroatoms. The minimum absolute atomic E-state index is 0.114. The minimum atomic E-state index is -0.726. The summed E-state index contributed by atoms with van der Waals surface area (Å²) in [5.41, 5.74) is 0.172. The van der Waals surface area contributed by atoms with Crippen LogP contribution in [0.15, 0.2) is 59.3 Å². The van der Waals surface area contributed by atoms with E-state index in [2.05, 4.69) is 15.6 Å². The molecule has 2 aromatic heterocycles. The zero-order chi connectivity index (χ0) is 16.9. The molecule has 24 heavy (non-hydrogen) atoms. The molecule has 0 unspecified atom stereocenters. The summed E-state index contributed by atoms with van der Waals surface area (Å²) in [6.45, 7) is 0.215. The molecule has 5 nitrogen and oxygen atoms in total. The zero-order valence-electron chi connectivity index (χ0n) is 12.4. The number of carbonyl (C=O) groups excluding carboxylic acids is 1. The van der Waals surface area contributed by atoms with E-state index < -0.39 is 17.5 Å². The average Bonchev–Trinajstić information content (AvgIpc) is 3.10. The lowest BCUT2D eigenvalue weighted by Gasteiger charge is -2.09. The first kappa shape index (κ1) is 15.7. The molecule has 3 rings (SSSR count). The Balaban J connectivity index is 1.73. The smallest absolute Gasteiger partial charge is 0.270 e. The highest BCUT2D eigenvalue weighted by molar-refractivity contribution is 5.93. The molecule has 0 saturated heterocycles. The van der Waals surface area contributed by atoms with Gasteiger partial charge in [0, 0.05) is 11.9 Å². The van der Waals surface area contributed by atoms with Crippen LogP contribution >= 0.6 is 0 Å². The van der Waals surface area contributed by atoms with E-state index in [0.29, 0.717) is 11.4 Å². The van der Waals surface area contributed by atoms with Crippen molar-refractivity contribution in [1.29, 1.82) is 0 Å². The molecular weight excluding hydrogens is 316 g/mol. The Bertz CT molecular complexity index is 831. The molecule has 0 aliphatic rings. The van der Waals surface area contributed by atoms with Gasteiger partial charge in [-0.2, -0.15) is 0 Å². The van der Waals surface area contributed by atoms with Gasteiger partial charge in [0.15, 0.2) is 0 Å². The van der Waals surface area contributed by atoms with Gasteiger partial charge < -0.3 is 15.1 Å². The van der Waals surface area contributed by atoms with Crippen molar-refractivity contribution in [2.45, 2.75) is 6.54 Å². The largest absolute Gasteiger partial charge is 0.467 e. The topological polar surface area (TPSA) is 67.2 Å². The van der Waals surface area contributed by atoms with E-state index in [1.54, 1.807) is 12.1 Å². The lowest BCUT2D eigenvalue weighted by Crippen LogP contribution is -2.23. The molecule has 0 fully saturated rings. The highest BCUT2D eigenvalue weighted by Gasteiger charge is 2.11. The molecule has 0 saturated carbocycles. The predicted molar refractivity (Wildman–Crippen MR) is 83.8 cm³/mol. The summed E-state index contributed by atoms with van der Waals surface area (Å²) in [6.07, 6.45) is 2.89. The molecule has 0 spiro atoms. The molecule has 0 bridgehead atoms. The van der Waals surface area contributed by atoms with Crippen LogP contribution in [0.25, 0.3) is 0 Å². The van der Waals surface area contributed by atoms with E-state index in [1.165, 1.54) is 30.7 Å². The second-order valence-corrected chi connectivity index (χ2v) is 4.91. The average molecular weight is 329 g/mol. The van der Waals surface area contributed by atoms with Gasteiger partial charge >= 0.3 is 0 Å². The van der Waals surface area contributed by atoms with E-state index >= 15 is 0 Å². The maximum atomic E-state index is 13.7. The van der Waals surface area contributed by atoms with Crippen molar-refractivity contribution < 1.29 is 18.0 Å². The molecule has 1 aromatic carbocycles. The maximum absolute atomic E-state index is 13.7. The first-order valence-corrected chi connectivity index (χ1v) is 7.11. The number of carbonyl (C=O) groups is 1. The second kappa shape index (κ2) is 6.91. The molecule has 0 aliphatic carbocycles. The molecule has 2 heterocycles. The van der Waals surface area contributed by atoms with Crippen molar-refractivity contribution in [3.05, 3.63) is 78.0 Å². The van der Waals surface area contributed by atoms with Crippen LogP contribution in [0.1, 0.15) is 16.2 Å². The maximum Gasteiger partial charge on any atom is 0.270 e. The first-order valence-electron chi connectivity index (χ1n) is 7.11. The highest BCUT2D eigenvalue weighted by Crippen LogP contribution is 2.23. The lowest BCUT2D eigenvalue weighted by atomic mass is 10.2. The van der Waals surface area contributed by atoms with Crippen LogP contribution in [0.2, 0.25) is 0 Å². The lowest BCUT2D eigenvalue weighted by molar-refractivity contribution is 0.0943. The summed E-state index contributed by atoms with van der Waals surface area (Å²) in [5, 5.41) is 5.26. The zero-order valence-corrected chi connectivity index (χ0v) is 12.4. The Labute approximate surface area is 136 Å². The number of benzene rings is 1. The van der Waals surface area contributed by atoms with Gasteiger partial charge in [0.1, 0.15) is 28.8 Å². The number of para-hydroxylation sites is 1. The fourth-order valence-electron chi connectivity index (χ4n) is 2.07. The van der Waals surface area contributed by atoms with Gasteiger partial charge in [-0.05, 0) is 36.4 Å². The van der Waals surface area contributed by atoms with Gasteiger partial charge in [-0.1, -0.05) is 6.07 Å². The molecule has 2 N–H and O–H groups in total. The number of furan rings is 1. The SMILES string of the molecule is O=C(NCc1ccco1)c1cc(Nc2c(F)cccc2F)ccn1. The predicted octanol–water partition coefficient (Wildman–Crippen LogP) is 3.63. The van der Waals surface area contributed by atoms with Crippen LogP contribution in [-0.4, -0.2) is 10.9 Å². The second-order valence-electron chi connectivity index (χ2n) is 4.91. The van der Waals surface area contributed by atoms with Crippen molar-refractivity contribution in [1.82, 2.24) is 10.3 Å². The van der Waals surface area contributed by atoms with Crippen molar-refractivity contribution >= 4 is 17.3 Å². The summed E-state index contributed by atoms with van der Waals surface area (Å²) < 4.78 is 32.4. The third kappa shape index (κ3) is 3.57. The normalized spacial score (nSPS) is 10.4.